The van der Waals surface area contributed by atoms with Crippen LogP contribution in [0.1, 0.15) is 17.2 Å². The second-order valence-corrected chi connectivity index (χ2v) is 3.08. The molecular weight excluding hydrogens is 168 g/mol. The van der Waals surface area contributed by atoms with E-state index in [0.29, 0.717) is 17.5 Å². The summed E-state index contributed by atoms with van der Waals surface area (Å²) >= 11 is 0. The Hall–Kier alpha value is -1.48. The lowest BCUT2D eigenvalue weighted by Crippen LogP contribution is -2.03. The first-order valence-electron chi connectivity index (χ1n) is 4.08. The third-order valence-electron chi connectivity index (χ3n) is 2.26. The van der Waals surface area contributed by atoms with E-state index in [2.05, 4.69) is 0 Å². The van der Waals surface area contributed by atoms with Crippen molar-refractivity contribution in [2.24, 2.45) is 0 Å². The smallest absolute Gasteiger partial charge is 0.161 e. The van der Waals surface area contributed by atoms with E-state index in [4.69, 9.17) is 0 Å². The van der Waals surface area contributed by atoms with E-state index in [1.54, 1.807) is 18.2 Å². The summed E-state index contributed by atoms with van der Waals surface area (Å²) in [5.74, 6) is -0.262. The fourth-order valence-electron chi connectivity index (χ4n) is 1.55. The van der Waals surface area contributed by atoms with Gasteiger partial charge in [-0.3, -0.25) is 0 Å². The minimum absolute atomic E-state index is 0.124. The second-order valence-electron chi connectivity index (χ2n) is 3.08. The molecule has 2 rings (SSSR count). The van der Waals surface area contributed by atoms with Crippen LogP contribution in [0, 0.1) is 0 Å². The van der Waals surface area contributed by atoms with E-state index < -0.39 is 6.10 Å². The van der Waals surface area contributed by atoms with Gasteiger partial charge in [-0.15, -0.1) is 0 Å². The zero-order valence-corrected chi connectivity index (χ0v) is 6.94. The maximum atomic E-state index is 9.50. The summed E-state index contributed by atoms with van der Waals surface area (Å²) in [7, 11) is 0. The monoisotopic (exact) mass is 178 g/mol. The van der Waals surface area contributed by atoms with Crippen LogP contribution in [0.25, 0.3) is 0 Å². The molecule has 3 N–H and O–H groups in total. The molecule has 0 aromatic heterocycles. The van der Waals surface area contributed by atoms with Gasteiger partial charge in [-0.05, 0) is 18.1 Å². The molecule has 0 amide bonds. The highest BCUT2D eigenvalue weighted by molar-refractivity contribution is 5.52. The summed E-state index contributed by atoms with van der Waals surface area (Å²) in [6, 6.07) is 3.01. The lowest BCUT2D eigenvalue weighted by atomic mass is 9.93. The van der Waals surface area contributed by atoms with Crippen molar-refractivity contribution in [2.45, 2.75) is 12.5 Å². The Morgan fingerprint density at radius 1 is 1.23 bits per heavy atom. The molecule has 1 aliphatic carbocycles. The van der Waals surface area contributed by atoms with Gasteiger partial charge in [0, 0.05) is 5.56 Å². The largest absolute Gasteiger partial charge is 0.504 e. The van der Waals surface area contributed by atoms with Gasteiger partial charge in [0.15, 0.2) is 11.5 Å². The minimum Gasteiger partial charge on any atom is -0.504 e. The van der Waals surface area contributed by atoms with Gasteiger partial charge in [0.1, 0.15) is 0 Å². The van der Waals surface area contributed by atoms with E-state index in [9.17, 15) is 15.3 Å². The van der Waals surface area contributed by atoms with Gasteiger partial charge in [-0.2, -0.15) is 0 Å². The van der Waals surface area contributed by atoms with Crippen LogP contribution < -0.4 is 0 Å². The molecule has 0 fully saturated rings. The topological polar surface area (TPSA) is 60.7 Å². The Labute approximate surface area is 75.6 Å². The summed E-state index contributed by atoms with van der Waals surface area (Å²) in [6.45, 7) is 0. The highest BCUT2D eigenvalue weighted by atomic mass is 16.3. The summed E-state index contributed by atoms with van der Waals surface area (Å²) in [5, 5.41) is 28.2. The molecule has 3 nitrogen and oxygen atoms in total. The van der Waals surface area contributed by atoms with Crippen LogP contribution in [0.15, 0.2) is 24.3 Å². The van der Waals surface area contributed by atoms with E-state index in [-0.39, 0.29) is 11.5 Å². The number of phenolic OH excluding ortho intramolecular Hbond substituents is 2. The Kier molecular flexibility index (Phi) is 1.74. The van der Waals surface area contributed by atoms with Crippen LogP contribution in [-0.4, -0.2) is 15.3 Å². The number of hydrogen-bond acceptors (Lipinski definition) is 3. The highest BCUT2D eigenvalue weighted by Crippen LogP contribution is 2.36. The molecule has 1 aliphatic rings. The number of benzene rings is 1. The van der Waals surface area contributed by atoms with Crippen LogP contribution in [0.5, 0.6) is 11.5 Å². The van der Waals surface area contributed by atoms with Gasteiger partial charge in [0.05, 0.1) is 6.10 Å². The molecule has 1 unspecified atom stereocenters. The van der Waals surface area contributed by atoms with Crippen LogP contribution in [0.2, 0.25) is 0 Å². The van der Waals surface area contributed by atoms with Gasteiger partial charge in [0.2, 0.25) is 0 Å². The molecule has 1 aromatic carbocycles. The van der Waals surface area contributed by atoms with E-state index in [1.165, 1.54) is 6.07 Å². The lowest BCUT2D eigenvalue weighted by Gasteiger charge is -2.17. The molecule has 0 saturated carbocycles. The Balaban J connectivity index is 2.61. The molecule has 0 aliphatic heterocycles. The van der Waals surface area contributed by atoms with Gasteiger partial charge in [0.25, 0.3) is 0 Å². The van der Waals surface area contributed by atoms with Crippen molar-refractivity contribution in [1.82, 2.24) is 0 Å². The van der Waals surface area contributed by atoms with Crippen LogP contribution in [0.3, 0.4) is 0 Å². The first-order chi connectivity index (χ1) is 6.20. The van der Waals surface area contributed by atoms with Crippen molar-refractivity contribution < 1.29 is 15.3 Å². The SMILES string of the molecule is Oc1ccc2c(c1O)CC=CC2O. The Morgan fingerprint density at radius 3 is 2.77 bits per heavy atom. The molecule has 0 heterocycles. The van der Waals surface area contributed by atoms with Gasteiger partial charge in [-0.25, -0.2) is 0 Å². The average molecular weight is 178 g/mol. The molecular formula is C10H10O3. The molecule has 0 radical (unpaired) electrons. The molecule has 3 heteroatoms. The van der Waals surface area contributed by atoms with Crippen LogP contribution in [-0.2, 0) is 6.42 Å². The highest BCUT2D eigenvalue weighted by Gasteiger charge is 2.18. The maximum Gasteiger partial charge on any atom is 0.161 e. The fourth-order valence-corrected chi connectivity index (χ4v) is 1.55. The quantitative estimate of drug-likeness (QED) is 0.414. The maximum absolute atomic E-state index is 9.50. The third kappa shape index (κ3) is 1.17. The predicted molar refractivity (Wildman–Crippen MR) is 47.6 cm³/mol. The third-order valence-corrected chi connectivity index (χ3v) is 2.26. The van der Waals surface area contributed by atoms with Crippen molar-refractivity contribution in [3.63, 3.8) is 0 Å². The molecule has 13 heavy (non-hydrogen) atoms. The van der Waals surface area contributed by atoms with Crippen LogP contribution in [0.4, 0.5) is 0 Å². The van der Waals surface area contributed by atoms with Crippen LogP contribution >= 0.6 is 0 Å². The summed E-state index contributed by atoms with van der Waals surface area (Å²) in [4.78, 5) is 0. The first-order valence-corrected chi connectivity index (χ1v) is 4.08. The molecule has 0 spiro atoms. The number of aliphatic hydroxyl groups excluding tert-OH is 1. The molecule has 0 saturated heterocycles. The summed E-state index contributed by atoms with van der Waals surface area (Å²) in [5.41, 5.74) is 1.27. The minimum atomic E-state index is -0.671. The Morgan fingerprint density at radius 2 is 2.00 bits per heavy atom. The molecule has 1 atom stereocenters. The fraction of sp³-hybridized carbons (Fsp3) is 0.200. The van der Waals surface area contributed by atoms with Crippen molar-refractivity contribution >= 4 is 0 Å². The number of rotatable bonds is 0. The number of aliphatic hydroxyl groups is 1. The predicted octanol–water partition coefficient (Wildman–Crippen LogP) is 1.24. The number of aromatic hydroxyl groups is 2. The standard InChI is InChI=1S/C10H10O3/c11-8-3-1-2-7-6(8)4-5-9(12)10(7)13/h1,3-5,8,11-13H,2H2. The molecule has 68 valence electrons. The zero-order chi connectivity index (χ0) is 9.42. The van der Waals surface area contributed by atoms with Crippen molar-refractivity contribution in [3.8, 4) is 11.5 Å². The van der Waals surface area contributed by atoms with E-state index in [0.717, 1.165) is 0 Å². The van der Waals surface area contributed by atoms with Gasteiger partial charge >= 0.3 is 0 Å². The molecule has 0 bridgehead atoms. The Bertz CT molecular complexity index is 369. The van der Waals surface area contributed by atoms with Crippen molar-refractivity contribution in [3.05, 3.63) is 35.4 Å². The number of allylic oxidation sites excluding steroid dienone is 1. The van der Waals surface area contributed by atoms with Gasteiger partial charge < -0.3 is 15.3 Å². The summed E-state index contributed by atoms with van der Waals surface area (Å²) in [6.07, 6.45) is 3.31. The number of fused-ring (bicyclic) bond motifs is 1. The summed E-state index contributed by atoms with van der Waals surface area (Å²) < 4.78 is 0. The second kappa shape index (κ2) is 2.78. The van der Waals surface area contributed by atoms with Gasteiger partial charge in [-0.1, -0.05) is 18.2 Å². The normalized spacial score (nSPS) is 19.9. The number of hydrogen-bond donors (Lipinski definition) is 3. The average Bonchev–Trinajstić information content (AvgIpc) is 2.12. The van der Waals surface area contributed by atoms with E-state index >= 15 is 0 Å². The van der Waals surface area contributed by atoms with Crippen molar-refractivity contribution in [2.75, 3.05) is 0 Å². The number of phenols is 2. The van der Waals surface area contributed by atoms with Crippen molar-refractivity contribution in [1.29, 1.82) is 0 Å². The van der Waals surface area contributed by atoms with E-state index in [1.807, 2.05) is 0 Å². The lowest BCUT2D eigenvalue weighted by molar-refractivity contribution is 0.224. The zero-order valence-electron chi connectivity index (χ0n) is 6.94. The first kappa shape index (κ1) is 8.13. The molecule has 1 aromatic rings.